The Kier molecular flexibility index (Phi) is 5.76. The van der Waals surface area contributed by atoms with Crippen molar-refractivity contribution in [2.45, 2.75) is 12.8 Å². The smallest absolute Gasteiger partial charge is 0.269 e. The van der Waals surface area contributed by atoms with Crippen LogP contribution in [0.15, 0.2) is 42.7 Å². The predicted molar refractivity (Wildman–Crippen MR) is 114 cm³/mol. The van der Waals surface area contributed by atoms with Crippen LogP contribution in [0.1, 0.15) is 12.8 Å². The lowest BCUT2D eigenvalue weighted by Gasteiger charge is -2.28. The molecule has 0 spiro atoms. The van der Waals surface area contributed by atoms with Gasteiger partial charge in [0, 0.05) is 29.1 Å². The number of fused-ring (bicyclic) bond motifs is 1. The highest BCUT2D eigenvalue weighted by molar-refractivity contribution is 5.94. The van der Waals surface area contributed by atoms with Crippen LogP contribution in [0.3, 0.4) is 0 Å². The van der Waals surface area contributed by atoms with Gasteiger partial charge in [0.15, 0.2) is 11.5 Å². The molecule has 0 N–H and O–H groups in total. The van der Waals surface area contributed by atoms with Crippen molar-refractivity contribution in [1.82, 2.24) is 14.9 Å². The average Bonchev–Trinajstić information content (AvgIpc) is 2.77. The summed E-state index contributed by atoms with van der Waals surface area (Å²) in [6, 6.07) is 10.1. The molecule has 1 fully saturated rings. The van der Waals surface area contributed by atoms with Crippen molar-refractivity contribution in [2.75, 3.05) is 33.9 Å². The molecule has 1 aliphatic rings. The molecule has 8 heteroatoms. The molecule has 0 unspecified atom stereocenters. The Morgan fingerprint density at radius 3 is 2.53 bits per heavy atom. The summed E-state index contributed by atoms with van der Waals surface area (Å²) in [5.41, 5.74) is 2.24. The van der Waals surface area contributed by atoms with Gasteiger partial charge in [-0.15, -0.1) is 0 Å². The molecular weight excluding hydrogens is 384 g/mol. The van der Waals surface area contributed by atoms with Gasteiger partial charge in [-0.05, 0) is 57.1 Å². The third-order valence-electron chi connectivity index (χ3n) is 5.58. The highest BCUT2D eigenvalue weighted by Crippen LogP contribution is 2.36. The normalized spacial score (nSPS) is 15.3. The topological polar surface area (TPSA) is 90.6 Å². The van der Waals surface area contributed by atoms with Gasteiger partial charge >= 0.3 is 0 Å². The van der Waals surface area contributed by atoms with Gasteiger partial charge in [-0.25, -0.2) is 9.97 Å². The molecule has 1 saturated heterocycles. The Morgan fingerprint density at radius 1 is 1.13 bits per heavy atom. The zero-order chi connectivity index (χ0) is 21.1. The molecule has 3 aromatic rings. The standard InChI is InChI=1S/C22H24N4O4/c1-25-9-7-15(8-10-25)13-30-21-12-19-18(11-20(21)29-2)22(24-14-23-19)16-3-5-17(6-4-16)26(27)28/h3-6,11-12,14-15H,7-10,13H2,1-2H3. The molecule has 0 aliphatic carbocycles. The van der Waals surface area contributed by atoms with Crippen LogP contribution < -0.4 is 9.47 Å². The van der Waals surface area contributed by atoms with E-state index in [1.807, 2.05) is 12.1 Å². The molecular formula is C22H24N4O4. The molecule has 0 atom stereocenters. The molecule has 2 heterocycles. The summed E-state index contributed by atoms with van der Waals surface area (Å²) in [4.78, 5) is 21.6. The quantitative estimate of drug-likeness (QED) is 0.451. The summed E-state index contributed by atoms with van der Waals surface area (Å²) in [7, 11) is 3.75. The van der Waals surface area contributed by atoms with Gasteiger partial charge in [0.25, 0.3) is 5.69 Å². The number of ether oxygens (including phenoxy) is 2. The molecule has 8 nitrogen and oxygen atoms in total. The zero-order valence-corrected chi connectivity index (χ0v) is 17.1. The zero-order valence-electron chi connectivity index (χ0n) is 17.1. The summed E-state index contributed by atoms with van der Waals surface area (Å²) in [5.74, 6) is 1.81. The lowest BCUT2D eigenvalue weighted by atomic mass is 9.98. The molecule has 4 rings (SSSR count). The minimum atomic E-state index is -0.418. The first kappa shape index (κ1) is 20.0. The number of benzene rings is 2. The SMILES string of the molecule is COc1cc2c(-c3ccc([N+](=O)[O-])cc3)ncnc2cc1OCC1CCN(C)CC1. The van der Waals surface area contributed by atoms with Gasteiger partial charge in [-0.1, -0.05) is 0 Å². The van der Waals surface area contributed by atoms with E-state index in [9.17, 15) is 10.1 Å². The number of rotatable bonds is 6. The van der Waals surface area contributed by atoms with Gasteiger partial charge in [0.1, 0.15) is 6.33 Å². The molecule has 156 valence electrons. The Morgan fingerprint density at radius 2 is 1.87 bits per heavy atom. The van der Waals surface area contributed by atoms with Crippen molar-refractivity contribution >= 4 is 16.6 Å². The number of nitro groups is 1. The van der Waals surface area contributed by atoms with Crippen molar-refractivity contribution in [1.29, 1.82) is 0 Å². The van der Waals surface area contributed by atoms with Crippen molar-refractivity contribution < 1.29 is 14.4 Å². The van der Waals surface area contributed by atoms with E-state index in [0.717, 1.165) is 42.4 Å². The number of likely N-dealkylation sites (tertiary alicyclic amines) is 1. The van der Waals surface area contributed by atoms with Gasteiger partial charge in [0.05, 0.1) is 29.9 Å². The monoisotopic (exact) mass is 408 g/mol. The van der Waals surface area contributed by atoms with Crippen LogP contribution in [0.2, 0.25) is 0 Å². The number of methoxy groups -OCH3 is 1. The maximum atomic E-state index is 10.9. The number of piperidine rings is 1. The second-order valence-corrected chi connectivity index (χ2v) is 7.60. The summed E-state index contributed by atoms with van der Waals surface area (Å²) in [6.07, 6.45) is 3.74. The highest BCUT2D eigenvalue weighted by atomic mass is 16.6. The average molecular weight is 408 g/mol. The number of non-ortho nitro benzene ring substituents is 1. The van der Waals surface area contributed by atoms with Crippen LogP contribution >= 0.6 is 0 Å². The molecule has 30 heavy (non-hydrogen) atoms. The summed E-state index contributed by atoms with van der Waals surface area (Å²) in [6.45, 7) is 2.83. The second-order valence-electron chi connectivity index (χ2n) is 7.60. The van der Waals surface area contributed by atoms with Crippen molar-refractivity contribution in [2.24, 2.45) is 5.92 Å². The van der Waals surface area contributed by atoms with Gasteiger partial charge < -0.3 is 14.4 Å². The third-order valence-corrected chi connectivity index (χ3v) is 5.58. The lowest BCUT2D eigenvalue weighted by molar-refractivity contribution is -0.384. The fraction of sp³-hybridized carbons (Fsp3) is 0.364. The number of hydrogen-bond donors (Lipinski definition) is 0. The summed E-state index contributed by atoms with van der Waals surface area (Å²) < 4.78 is 11.7. The molecule has 1 aromatic heterocycles. The van der Waals surface area contributed by atoms with E-state index in [-0.39, 0.29) is 5.69 Å². The lowest BCUT2D eigenvalue weighted by Crippen LogP contribution is -2.32. The van der Waals surface area contributed by atoms with Crippen LogP contribution in [0.4, 0.5) is 5.69 Å². The summed E-state index contributed by atoms with van der Waals surface area (Å²) >= 11 is 0. The van der Waals surface area contributed by atoms with Gasteiger partial charge in [0.2, 0.25) is 0 Å². The van der Waals surface area contributed by atoms with E-state index in [0.29, 0.717) is 29.7 Å². The first-order valence-corrected chi connectivity index (χ1v) is 9.94. The predicted octanol–water partition coefficient (Wildman–Crippen LogP) is 3.93. The minimum Gasteiger partial charge on any atom is -0.493 e. The Bertz CT molecular complexity index is 1050. The third kappa shape index (κ3) is 4.18. The van der Waals surface area contributed by atoms with E-state index in [4.69, 9.17) is 9.47 Å². The Hall–Kier alpha value is -3.26. The van der Waals surface area contributed by atoms with Crippen LogP contribution in [-0.2, 0) is 0 Å². The Labute approximate surface area is 174 Å². The van der Waals surface area contributed by atoms with Crippen molar-refractivity contribution in [3.63, 3.8) is 0 Å². The second kappa shape index (κ2) is 8.62. The molecule has 0 amide bonds. The van der Waals surface area contributed by atoms with E-state index in [1.165, 1.54) is 18.5 Å². The molecule has 2 aromatic carbocycles. The highest BCUT2D eigenvalue weighted by Gasteiger charge is 2.19. The number of aromatic nitrogens is 2. The van der Waals surface area contributed by atoms with Crippen LogP contribution in [0.25, 0.3) is 22.2 Å². The fourth-order valence-electron chi connectivity index (χ4n) is 3.74. The van der Waals surface area contributed by atoms with Crippen LogP contribution in [0.5, 0.6) is 11.5 Å². The first-order chi connectivity index (χ1) is 14.5. The Balaban J connectivity index is 1.62. The fourth-order valence-corrected chi connectivity index (χ4v) is 3.74. The van der Waals surface area contributed by atoms with Gasteiger partial charge in [-0.2, -0.15) is 0 Å². The van der Waals surface area contributed by atoms with Crippen LogP contribution in [-0.4, -0.2) is 53.6 Å². The molecule has 1 aliphatic heterocycles. The number of hydrogen-bond acceptors (Lipinski definition) is 7. The maximum Gasteiger partial charge on any atom is 0.269 e. The summed E-state index contributed by atoms with van der Waals surface area (Å²) in [5, 5.41) is 11.7. The van der Waals surface area contributed by atoms with E-state index in [2.05, 4.69) is 21.9 Å². The minimum absolute atomic E-state index is 0.0410. The number of nitrogens with zero attached hydrogens (tertiary/aromatic N) is 4. The molecule has 0 bridgehead atoms. The van der Waals surface area contributed by atoms with Crippen LogP contribution in [0, 0.1) is 16.0 Å². The van der Waals surface area contributed by atoms with Gasteiger partial charge in [-0.3, -0.25) is 10.1 Å². The first-order valence-electron chi connectivity index (χ1n) is 9.94. The molecule has 0 radical (unpaired) electrons. The van der Waals surface area contributed by atoms with Crippen molar-refractivity contribution in [3.05, 3.63) is 52.8 Å². The number of nitro benzene ring substituents is 1. The molecule has 0 saturated carbocycles. The van der Waals surface area contributed by atoms with E-state index >= 15 is 0 Å². The largest absolute Gasteiger partial charge is 0.493 e. The van der Waals surface area contributed by atoms with E-state index in [1.54, 1.807) is 19.2 Å². The van der Waals surface area contributed by atoms with Crippen molar-refractivity contribution in [3.8, 4) is 22.8 Å². The maximum absolute atomic E-state index is 10.9. The van der Waals surface area contributed by atoms with E-state index < -0.39 is 4.92 Å².